The molecule has 0 atom stereocenters. The highest BCUT2D eigenvalue weighted by Gasteiger charge is 2.23. The van der Waals surface area contributed by atoms with Gasteiger partial charge < -0.3 is 20.5 Å². The summed E-state index contributed by atoms with van der Waals surface area (Å²) in [6, 6.07) is 15.2. The van der Waals surface area contributed by atoms with E-state index in [1.807, 2.05) is 0 Å². The van der Waals surface area contributed by atoms with Gasteiger partial charge in [-0.05, 0) is 83.9 Å². The molecule has 0 radical (unpaired) electrons. The quantitative estimate of drug-likeness (QED) is 0.0693. The molecule has 22 heteroatoms. The number of carbonyl (C=O) groups is 4. The van der Waals surface area contributed by atoms with E-state index in [9.17, 15) is 62.0 Å². The first kappa shape index (κ1) is 42.0. The van der Waals surface area contributed by atoms with Crippen LogP contribution in [0.1, 0.15) is 31.8 Å². The van der Waals surface area contributed by atoms with E-state index in [2.05, 4.69) is 15.4 Å². The standard InChI is InChI=1S/C33H28N2O16S4/c1-51-31(38)19-53(43,44)27-14-8-23(9-15-27)33(40)35-25-11-5-21(29(17-25)55(48,49)50)3-2-20-4-10-24(16-28(20)54(45,46)47)34-32(39)22-6-12-26(13-7-22)52(41,42)18-30(36)37/h2-17H,18-19H2,1H3,(H,34,39)(H,35,40)(H,36,37)(H,45,46,47)(H,48,49,50)/b3-2+. The van der Waals surface area contributed by atoms with Crippen molar-refractivity contribution in [1.82, 2.24) is 0 Å². The first-order valence-corrected chi connectivity index (χ1v) is 21.2. The molecule has 0 unspecified atom stereocenters. The summed E-state index contributed by atoms with van der Waals surface area (Å²) in [5, 5.41) is 13.6. The number of methoxy groups -OCH3 is 1. The van der Waals surface area contributed by atoms with E-state index in [4.69, 9.17) is 5.11 Å². The number of carboxylic acids is 1. The SMILES string of the molecule is COC(=O)CS(=O)(=O)c1ccc(C(=O)Nc2ccc(/C=C/c3ccc(NC(=O)c4ccc(S(=O)(=O)CC(=O)O)cc4)cc3S(=O)(=O)O)c(S(=O)(=O)O)c2)cc1. The molecule has 55 heavy (non-hydrogen) atoms. The molecule has 18 nitrogen and oxygen atoms in total. The molecule has 0 aliphatic heterocycles. The van der Waals surface area contributed by atoms with Gasteiger partial charge in [0.15, 0.2) is 31.2 Å². The molecule has 0 aromatic heterocycles. The van der Waals surface area contributed by atoms with Crippen LogP contribution in [0.15, 0.2) is 105 Å². The van der Waals surface area contributed by atoms with Crippen molar-refractivity contribution >= 4 is 87.2 Å². The van der Waals surface area contributed by atoms with Crippen molar-refractivity contribution < 1.29 is 71.8 Å². The third-order valence-corrected chi connectivity index (χ3v) is 12.4. The Bertz CT molecular complexity index is 2670. The maximum absolute atomic E-state index is 12.8. The molecule has 0 bridgehead atoms. The minimum atomic E-state index is -4.98. The van der Waals surface area contributed by atoms with Gasteiger partial charge in [0.2, 0.25) is 0 Å². The summed E-state index contributed by atoms with van der Waals surface area (Å²) in [5.41, 5.74) is -0.837. The maximum atomic E-state index is 12.8. The van der Waals surface area contributed by atoms with Crippen LogP contribution in [0.25, 0.3) is 12.2 Å². The zero-order valence-electron chi connectivity index (χ0n) is 27.9. The number of anilines is 2. The highest BCUT2D eigenvalue weighted by atomic mass is 32.2. The second-order valence-electron chi connectivity index (χ2n) is 11.2. The van der Waals surface area contributed by atoms with Crippen molar-refractivity contribution in [3.05, 3.63) is 107 Å². The van der Waals surface area contributed by atoms with E-state index < -0.39 is 85.0 Å². The van der Waals surface area contributed by atoms with Crippen LogP contribution in [0.4, 0.5) is 11.4 Å². The number of hydrogen-bond acceptors (Lipinski definition) is 13. The predicted molar refractivity (Wildman–Crippen MR) is 194 cm³/mol. The summed E-state index contributed by atoms with van der Waals surface area (Å²) >= 11 is 0. The van der Waals surface area contributed by atoms with Gasteiger partial charge in [0.25, 0.3) is 32.1 Å². The molecule has 0 saturated heterocycles. The van der Waals surface area contributed by atoms with Crippen molar-refractivity contribution in [2.45, 2.75) is 19.6 Å². The van der Waals surface area contributed by atoms with Crippen LogP contribution in [0.5, 0.6) is 0 Å². The zero-order chi connectivity index (χ0) is 40.9. The number of sulfone groups is 2. The number of hydrogen-bond donors (Lipinski definition) is 5. The van der Waals surface area contributed by atoms with E-state index in [-0.39, 0.29) is 43.4 Å². The van der Waals surface area contributed by atoms with Crippen LogP contribution < -0.4 is 10.6 Å². The minimum Gasteiger partial charge on any atom is -0.480 e. The Kier molecular flexibility index (Phi) is 12.4. The van der Waals surface area contributed by atoms with E-state index in [1.54, 1.807) is 0 Å². The van der Waals surface area contributed by atoms with E-state index in [0.717, 1.165) is 92.1 Å². The number of benzene rings is 4. The second-order valence-corrected chi connectivity index (χ2v) is 18.0. The van der Waals surface area contributed by atoms with Crippen molar-refractivity contribution in [3.63, 3.8) is 0 Å². The lowest BCUT2D eigenvalue weighted by Crippen LogP contribution is -2.18. The summed E-state index contributed by atoms with van der Waals surface area (Å²) in [7, 11) is -17.2. The molecule has 0 heterocycles. The lowest BCUT2D eigenvalue weighted by molar-refractivity contribution is -0.137. The minimum absolute atomic E-state index is 0.0619. The highest BCUT2D eigenvalue weighted by molar-refractivity contribution is 7.92. The average Bonchev–Trinajstić information content (AvgIpc) is 3.09. The first-order valence-electron chi connectivity index (χ1n) is 15.0. The van der Waals surface area contributed by atoms with Gasteiger partial charge in [0.1, 0.15) is 9.79 Å². The molecule has 290 valence electrons. The number of carbonyl (C=O) groups excluding carboxylic acids is 3. The molecular weight excluding hydrogens is 809 g/mol. The molecule has 4 rings (SSSR count). The topological polar surface area (TPSA) is 299 Å². The molecule has 0 fully saturated rings. The van der Waals surface area contributed by atoms with Crippen LogP contribution in [-0.4, -0.2) is 90.3 Å². The fraction of sp³-hybridized carbons (Fsp3) is 0.0909. The third-order valence-electron chi connectivity index (χ3n) is 7.34. The lowest BCUT2D eigenvalue weighted by Gasteiger charge is -2.11. The number of rotatable bonds is 14. The normalized spacial score (nSPS) is 12.2. The summed E-state index contributed by atoms with van der Waals surface area (Å²) in [6.45, 7) is 0. The maximum Gasteiger partial charge on any atom is 0.321 e. The Morgan fingerprint density at radius 2 is 0.945 bits per heavy atom. The van der Waals surface area contributed by atoms with Gasteiger partial charge in [-0.3, -0.25) is 28.3 Å². The third kappa shape index (κ3) is 10.9. The Hall–Kier alpha value is -5.78. The van der Waals surface area contributed by atoms with Gasteiger partial charge in [0, 0.05) is 22.5 Å². The molecule has 0 saturated carbocycles. The second kappa shape index (κ2) is 16.3. The summed E-state index contributed by atoms with van der Waals surface area (Å²) < 4.78 is 122. The molecule has 0 spiro atoms. The van der Waals surface area contributed by atoms with Gasteiger partial charge in [-0.15, -0.1) is 0 Å². The predicted octanol–water partition coefficient (Wildman–Crippen LogP) is 2.66. The molecule has 0 aliphatic carbocycles. The van der Waals surface area contributed by atoms with Crippen molar-refractivity contribution in [1.29, 1.82) is 0 Å². The summed E-state index contributed by atoms with van der Waals surface area (Å²) in [5.74, 6) is -6.31. The van der Waals surface area contributed by atoms with E-state index in [0.29, 0.717) is 0 Å². The lowest BCUT2D eigenvalue weighted by atomic mass is 10.1. The smallest absolute Gasteiger partial charge is 0.321 e. The van der Waals surface area contributed by atoms with Crippen molar-refractivity contribution in [3.8, 4) is 0 Å². The van der Waals surface area contributed by atoms with Crippen LogP contribution in [-0.2, 0) is 54.2 Å². The van der Waals surface area contributed by atoms with Gasteiger partial charge in [-0.1, -0.05) is 24.3 Å². The fourth-order valence-corrected chi connectivity index (χ4v) is 8.31. The van der Waals surface area contributed by atoms with Crippen LogP contribution >= 0.6 is 0 Å². The number of aliphatic carboxylic acids is 1. The molecule has 2 amide bonds. The van der Waals surface area contributed by atoms with Crippen molar-refractivity contribution in [2.24, 2.45) is 0 Å². The monoisotopic (exact) mass is 836 g/mol. The zero-order valence-corrected chi connectivity index (χ0v) is 31.2. The van der Waals surface area contributed by atoms with Gasteiger partial charge in [-0.2, -0.15) is 16.8 Å². The molecule has 4 aromatic carbocycles. The Morgan fingerprint density at radius 1 is 0.582 bits per heavy atom. The largest absolute Gasteiger partial charge is 0.480 e. The molecule has 4 aromatic rings. The number of ether oxygens (including phenoxy) is 1. The number of nitrogens with one attached hydrogen (secondary N) is 2. The molecule has 0 aliphatic rings. The Labute approximate surface area is 313 Å². The fourth-order valence-electron chi connectivity index (χ4n) is 4.70. The van der Waals surface area contributed by atoms with E-state index >= 15 is 0 Å². The highest BCUT2D eigenvalue weighted by Crippen LogP contribution is 2.27. The van der Waals surface area contributed by atoms with Crippen LogP contribution in [0.3, 0.4) is 0 Å². The number of esters is 1. The summed E-state index contributed by atoms with van der Waals surface area (Å²) in [6.07, 6.45) is 2.15. The average molecular weight is 837 g/mol. The number of carboxylic acid groups (broad SMARTS) is 1. The number of amides is 2. The van der Waals surface area contributed by atoms with Gasteiger partial charge in [-0.25, -0.2) is 16.8 Å². The Balaban J connectivity index is 1.56. The molecule has 5 N–H and O–H groups in total. The first-order chi connectivity index (χ1) is 25.5. The van der Waals surface area contributed by atoms with Gasteiger partial charge in [0.05, 0.1) is 16.9 Å². The Morgan fingerprint density at radius 3 is 1.27 bits per heavy atom. The van der Waals surface area contributed by atoms with E-state index in [1.165, 1.54) is 12.1 Å². The van der Waals surface area contributed by atoms with Gasteiger partial charge >= 0.3 is 11.9 Å². The van der Waals surface area contributed by atoms with Crippen molar-refractivity contribution in [2.75, 3.05) is 29.2 Å². The summed E-state index contributed by atoms with van der Waals surface area (Å²) in [4.78, 5) is 45.7. The van der Waals surface area contributed by atoms with Crippen LogP contribution in [0, 0.1) is 0 Å². The van der Waals surface area contributed by atoms with Crippen LogP contribution in [0.2, 0.25) is 0 Å². The molecular formula is C33H28N2O16S4.